The molecule has 138 valence electrons. The van der Waals surface area contributed by atoms with Crippen LogP contribution in [-0.4, -0.2) is 24.3 Å². The number of allylic oxidation sites excluding steroid dienone is 2. The van der Waals surface area contributed by atoms with E-state index >= 15 is 0 Å². The van der Waals surface area contributed by atoms with Crippen LogP contribution in [0.4, 0.5) is 0 Å². The van der Waals surface area contributed by atoms with Crippen LogP contribution in [0, 0.1) is 11.3 Å². The molecule has 0 amide bonds. The summed E-state index contributed by atoms with van der Waals surface area (Å²) in [7, 11) is 0. The Kier molecular flexibility index (Phi) is 6.12. The summed E-state index contributed by atoms with van der Waals surface area (Å²) in [5, 5.41) is 19.5. The number of esters is 1. The van der Waals surface area contributed by atoms with Crippen molar-refractivity contribution in [3.8, 4) is 17.6 Å². The van der Waals surface area contributed by atoms with E-state index in [2.05, 4.69) is 0 Å². The number of phenols is 1. The highest BCUT2D eigenvalue weighted by molar-refractivity contribution is 5.92. The van der Waals surface area contributed by atoms with Crippen molar-refractivity contribution in [2.24, 2.45) is 5.73 Å². The number of hydrogen-bond donors (Lipinski definition) is 2. The maximum atomic E-state index is 12.6. The van der Waals surface area contributed by atoms with Crippen LogP contribution >= 0.6 is 0 Å². The van der Waals surface area contributed by atoms with Crippen LogP contribution in [0.3, 0.4) is 0 Å². The van der Waals surface area contributed by atoms with Gasteiger partial charge < -0.3 is 25.1 Å². The number of carbonyl (C=O) groups is 1. The van der Waals surface area contributed by atoms with E-state index in [-0.39, 0.29) is 35.1 Å². The number of ether oxygens (including phenoxy) is 3. The average molecular weight is 358 g/mol. The molecule has 0 bridgehead atoms. The molecule has 0 saturated heterocycles. The lowest BCUT2D eigenvalue weighted by atomic mass is 9.82. The summed E-state index contributed by atoms with van der Waals surface area (Å²) in [5.41, 5.74) is 6.83. The van der Waals surface area contributed by atoms with E-state index < -0.39 is 11.9 Å². The van der Waals surface area contributed by atoms with Crippen molar-refractivity contribution in [1.82, 2.24) is 0 Å². The van der Waals surface area contributed by atoms with E-state index in [4.69, 9.17) is 19.9 Å². The molecule has 1 atom stereocenters. The second kappa shape index (κ2) is 8.30. The van der Waals surface area contributed by atoms with E-state index in [9.17, 15) is 15.2 Å². The Bertz CT molecular complexity index is 805. The number of phenolic OH excluding ortho intramolecular Hbond substituents is 1. The van der Waals surface area contributed by atoms with Crippen molar-refractivity contribution in [3.05, 3.63) is 46.6 Å². The highest BCUT2D eigenvalue weighted by atomic mass is 16.5. The molecule has 3 N–H and O–H groups in total. The summed E-state index contributed by atoms with van der Waals surface area (Å²) in [4.78, 5) is 12.6. The van der Waals surface area contributed by atoms with Crippen LogP contribution in [0.25, 0.3) is 0 Å². The standard InChI is InChI=1S/C19H22N2O5/c1-4-14-17(19(23)25-6-3)16(12(10-20)18(21)26-14)11-7-8-13(22)15(9-11)24-5-2/h7-9,16,22H,4-6,21H2,1-3H3/t16-/m1/s1. The van der Waals surface area contributed by atoms with Gasteiger partial charge in [-0.15, -0.1) is 0 Å². The molecule has 26 heavy (non-hydrogen) atoms. The lowest BCUT2D eigenvalue weighted by Crippen LogP contribution is -2.26. The molecule has 0 fully saturated rings. The molecular formula is C19H22N2O5. The van der Waals surface area contributed by atoms with Crippen LogP contribution in [0.2, 0.25) is 0 Å². The highest BCUT2D eigenvalue weighted by Crippen LogP contribution is 2.42. The van der Waals surface area contributed by atoms with Gasteiger partial charge in [0, 0.05) is 6.42 Å². The number of nitriles is 1. The fourth-order valence-electron chi connectivity index (χ4n) is 2.83. The Morgan fingerprint density at radius 2 is 2.08 bits per heavy atom. The van der Waals surface area contributed by atoms with Crippen molar-refractivity contribution in [2.75, 3.05) is 13.2 Å². The minimum atomic E-state index is -0.762. The quantitative estimate of drug-likeness (QED) is 0.751. The van der Waals surface area contributed by atoms with Gasteiger partial charge in [-0.05, 0) is 31.5 Å². The third-order valence-electron chi connectivity index (χ3n) is 3.93. The lowest BCUT2D eigenvalue weighted by molar-refractivity contribution is -0.139. The average Bonchev–Trinajstić information content (AvgIpc) is 2.62. The van der Waals surface area contributed by atoms with Crippen LogP contribution in [-0.2, 0) is 14.3 Å². The van der Waals surface area contributed by atoms with Gasteiger partial charge in [-0.1, -0.05) is 13.0 Å². The lowest BCUT2D eigenvalue weighted by Gasteiger charge is -2.28. The topological polar surface area (TPSA) is 115 Å². The van der Waals surface area contributed by atoms with E-state index in [1.165, 1.54) is 6.07 Å². The first-order chi connectivity index (χ1) is 12.5. The zero-order chi connectivity index (χ0) is 19.3. The Labute approximate surface area is 152 Å². The number of carbonyl (C=O) groups excluding carboxylic acids is 1. The Balaban J connectivity index is 2.67. The summed E-state index contributed by atoms with van der Waals surface area (Å²) < 4.78 is 16.1. The SMILES string of the molecule is CCOC(=O)C1=C(CC)OC(N)=C(C#N)[C@H]1c1ccc(O)c(OCC)c1. The first-order valence-electron chi connectivity index (χ1n) is 8.41. The number of rotatable bonds is 6. The molecule has 0 aliphatic carbocycles. The van der Waals surface area contributed by atoms with Crippen LogP contribution in [0.5, 0.6) is 11.5 Å². The second-order valence-electron chi connectivity index (χ2n) is 5.50. The predicted octanol–water partition coefficient (Wildman–Crippen LogP) is 2.83. The Morgan fingerprint density at radius 1 is 1.35 bits per heavy atom. The van der Waals surface area contributed by atoms with Gasteiger partial charge in [-0.25, -0.2) is 4.79 Å². The monoisotopic (exact) mass is 358 g/mol. The van der Waals surface area contributed by atoms with Crippen molar-refractivity contribution >= 4 is 5.97 Å². The first kappa shape index (κ1) is 19.2. The summed E-state index contributed by atoms with van der Waals surface area (Å²) in [6.07, 6.45) is 0.403. The maximum absolute atomic E-state index is 12.6. The largest absolute Gasteiger partial charge is 0.504 e. The molecule has 7 nitrogen and oxygen atoms in total. The van der Waals surface area contributed by atoms with Crippen molar-refractivity contribution in [2.45, 2.75) is 33.1 Å². The third-order valence-corrected chi connectivity index (χ3v) is 3.93. The molecule has 1 aliphatic rings. The number of nitrogens with zero attached hydrogens (tertiary/aromatic N) is 1. The Hall–Kier alpha value is -3.14. The zero-order valence-corrected chi connectivity index (χ0v) is 15.0. The zero-order valence-electron chi connectivity index (χ0n) is 15.0. The highest BCUT2D eigenvalue weighted by Gasteiger charge is 2.37. The molecule has 0 spiro atoms. The van der Waals surface area contributed by atoms with Gasteiger partial charge in [-0.3, -0.25) is 0 Å². The molecule has 0 saturated carbocycles. The van der Waals surface area contributed by atoms with Gasteiger partial charge in [0.2, 0.25) is 5.88 Å². The van der Waals surface area contributed by atoms with Crippen molar-refractivity contribution < 1.29 is 24.1 Å². The molecule has 1 aromatic rings. The predicted molar refractivity (Wildman–Crippen MR) is 93.9 cm³/mol. The van der Waals surface area contributed by atoms with Crippen molar-refractivity contribution in [3.63, 3.8) is 0 Å². The van der Waals surface area contributed by atoms with Gasteiger partial charge in [-0.2, -0.15) is 5.26 Å². The Morgan fingerprint density at radius 3 is 2.65 bits per heavy atom. The smallest absolute Gasteiger partial charge is 0.338 e. The third kappa shape index (κ3) is 3.59. The van der Waals surface area contributed by atoms with Gasteiger partial charge >= 0.3 is 5.97 Å². The molecular weight excluding hydrogens is 336 g/mol. The second-order valence-corrected chi connectivity index (χ2v) is 5.50. The number of aromatic hydroxyl groups is 1. The minimum Gasteiger partial charge on any atom is -0.504 e. The van der Waals surface area contributed by atoms with E-state index in [1.54, 1.807) is 26.0 Å². The van der Waals surface area contributed by atoms with Gasteiger partial charge in [0.25, 0.3) is 0 Å². The summed E-state index contributed by atoms with van der Waals surface area (Å²) >= 11 is 0. The number of benzene rings is 1. The molecule has 0 aromatic heterocycles. The van der Waals surface area contributed by atoms with Crippen LogP contribution in [0.1, 0.15) is 38.7 Å². The molecule has 7 heteroatoms. The number of nitrogens with two attached hydrogens (primary N) is 1. The molecule has 0 unspecified atom stereocenters. The van der Waals surface area contributed by atoms with E-state index in [0.717, 1.165) is 0 Å². The fourth-order valence-corrected chi connectivity index (χ4v) is 2.83. The fraction of sp³-hybridized carbons (Fsp3) is 0.368. The molecule has 1 aromatic carbocycles. The van der Waals surface area contributed by atoms with E-state index in [1.807, 2.05) is 13.0 Å². The van der Waals surface area contributed by atoms with Crippen LogP contribution < -0.4 is 10.5 Å². The normalized spacial score (nSPS) is 16.8. The summed E-state index contributed by atoms with van der Waals surface area (Å²) in [6, 6.07) is 6.68. The van der Waals surface area contributed by atoms with Gasteiger partial charge in [0.05, 0.1) is 24.7 Å². The van der Waals surface area contributed by atoms with Gasteiger partial charge in [0.1, 0.15) is 17.4 Å². The van der Waals surface area contributed by atoms with Gasteiger partial charge in [0.15, 0.2) is 11.5 Å². The van der Waals surface area contributed by atoms with Crippen LogP contribution in [0.15, 0.2) is 41.0 Å². The summed E-state index contributed by atoms with van der Waals surface area (Å²) in [6.45, 7) is 5.85. The van der Waals surface area contributed by atoms with Crippen molar-refractivity contribution in [1.29, 1.82) is 5.26 Å². The summed E-state index contributed by atoms with van der Waals surface area (Å²) in [5.74, 6) is -0.795. The van der Waals surface area contributed by atoms with E-state index in [0.29, 0.717) is 24.4 Å². The molecule has 1 heterocycles. The molecule has 1 aliphatic heterocycles. The first-order valence-corrected chi connectivity index (χ1v) is 8.41. The number of hydrogen-bond acceptors (Lipinski definition) is 7. The maximum Gasteiger partial charge on any atom is 0.338 e. The molecule has 2 rings (SSSR count). The minimum absolute atomic E-state index is 0.0319. The molecule has 0 radical (unpaired) electrons.